The maximum atomic E-state index is 12.9. The zero-order valence-corrected chi connectivity index (χ0v) is 17.7. The minimum atomic E-state index is -1.82. The zero-order chi connectivity index (χ0) is 22.8. The molecular formula is C23H25ClN2O5. The monoisotopic (exact) mass is 444 g/mol. The number of hydroxylamine groups is 1. The fourth-order valence-electron chi connectivity index (χ4n) is 2.89. The zero-order valence-electron chi connectivity index (χ0n) is 17.0. The van der Waals surface area contributed by atoms with Crippen molar-refractivity contribution in [3.05, 3.63) is 70.7 Å². The van der Waals surface area contributed by atoms with Crippen LogP contribution in [0.15, 0.2) is 54.6 Å². The van der Waals surface area contributed by atoms with Gasteiger partial charge in [0.2, 0.25) is 5.91 Å². The number of halogens is 1. The standard InChI is InChI=1S/C23H25ClN2O5/c1-15(27)20(14-17-6-3-2-4-7-17)25-22(29)19(21(28)23(30)26-31)9-5-8-16-10-12-18(24)13-11-16/h2-4,6-7,10-13,15,19-21,27-28,31H,9,14H2,1H3,(H,25,29)(H,26,30)/t15?,19-,20+,21+/m1/s1. The highest BCUT2D eigenvalue weighted by molar-refractivity contribution is 6.30. The van der Waals surface area contributed by atoms with Crippen molar-refractivity contribution in [3.63, 3.8) is 0 Å². The van der Waals surface area contributed by atoms with Crippen LogP contribution in [0.4, 0.5) is 0 Å². The van der Waals surface area contributed by atoms with Gasteiger partial charge in [-0.1, -0.05) is 53.8 Å². The van der Waals surface area contributed by atoms with Gasteiger partial charge in [0, 0.05) is 17.0 Å². The summed E-state index contributed by atoms with van der Waals surface area (Å²) in [6.07, 6.45) is -2.50. The molecule has 4 atom stereocenters. The summed E-state index contributed by atoms with van der Waals surface area (Å²) in [4.78, 5) is 24.6. The van der Waals surface area contributed by atoms with Crippen LogP contribution in [0.2, 0.25) is 5.02 Å². The second-order valence-corrected chi connectivity index (χ2v) is 7.52. The van der Waals surface area contributed by atoms with Gasteiger partial charge >= 0.3 is 0 Å². The molecule has 5 N–H and O–H groups in total. The Morgan fingerprint density at radius 2 is 1.68 bits per heavy atom. The molecule has 0 spiro atoms. The maximum Gasteiger partial charge on any atom is 0.273 e. The highest BCUT2D eigenvalue weighted by atomic mass is 35.5. The summed E-state index contributed by atoms with van der Waals surface area (Å²) >= 11 is 5.84. The first-order chi connectivity index (χ1) is 14.8. The van der Waals surface area contributed by atoms with E-state index in [4.69, 9.17) is 16.8 Å². The fraction of sp³-hybridized carbons (Fsp3) is 0.304. The molecule has 2 rings (SSSR count). The van der Waals surface area contributed by atoms with Crippen molar-refractivity contribution in [2.45, 2.75) is 38.0 Å². The molecule has 0 radical (unpaired) electrons. The molecule has 0 heterocycles. The largest absolute Gasteiger partial charge is 0.391 e. The number of rotatable bonds is 8. The Bertz CT molecular complexity index is 922. The number of nitrogens with one attached hydrogen (secondary N) is 2. The van der Waals surface area contributed by atoms with Crippen LogP contribution >= 0.6 is 11.6 Å². The average molecular weight is 445 g/mol. The lowest BCUT2D eigenvalue weighted by atomic mass is 9.95. The van der Waals surface area contributed by atoms with Crippen molar-refractivity contribution in [1.82, 2.24) is 10.8 Å². The molecule has 0 saturated heterocycles. The predicted molar refractivity (Wildman–Crippen MR) is 116 cm³/mol. The van der Waals surface area contributed by atoms with E-state index in [1.54, 1.807) is 31.2 Å². The van der Waals surface area contributed by atoms with Crippen LogP contribution in [0.1, 0.15) is 24.5 Å². The van der Waals surface area contributed by atoms with Crippen LogP contribution in [0.25, 0.3) is 0 Å². The van der Waals surface area contributed by atoms with Gasteiger partial charge in [0.25, 0.3) is 5.91 Å². The Balaban J connectivity index is 2.16. The summed E-state index contributed by atoms with van der Waals surface area (Å²) in [6, 6.07) is 15.4. The number of aliphatic hydroxyl groups is 2. The summed E-state index contributed by atoms with van der Waals surface area (Å²) in [5.41, 5.74) is 2.90. The Hall–Kier alpha value is -2.89. The first-order valence-electron chi connectivity index (χ1n) is 9.70. The van der Waals surface area contributed by atoms with Gasteiger partial charge in [0.15, 0.2) is 0 Å². The number of benzene rings is 2. The van der Waals surface area contributed by atoms with Gasteiger partial charge in [-0.05, 0) is 43.2 Å². The van der Waals surface area contributed by atoms with E-state index >= 15 is 0 Å². The third-order valence-corrected chi connectivity index (χ3v) is 4.96. The Morgan fingerprint density at radius 3 is 2.26 bits per heavy atom. The summed E-state index contributed by atoms with van der Waals surface area (Å²) < 4.78 is 0. The topological polar surface area (TPSA) is 119 Å². The molecule has 0 aliphatic heterocycles. The lowest BCUT2D eigenvalue weighted by Gasteiger charge is -2.25. The third-order valence-electron chi connectivity index (χ3n) is 4.70. The highest BCUT2D eigenvalue weighted by Crippen LogP contribution is 2.14. The summed E-state index contributed by atoms with van der Waals surface area (Å²) in [5, 5.41) is 32.4. The van der Waals surface area contributed by atoms with E-state index in [-0.39, 0.29) is 6.42 Å². The van der Waals surface area contributed by atoms with Gasteiger partial charge in [0.1, 0.15) is 6.10 Å². The van der Waals surface area contributed by atoms with Crippen molar-refractivity contribution in [2.75, 3.05) is 0 Å². The Morgan fingerprint density at radius 1 is 1.03 bits per heavy atom. The van der Waals surface area contributed by atoms with Crippen LogP contribution in [0.5, 0.6) is 0 Å². The first-order valence-corrected chi connectivity index (χ1v) is 10.1. The van der Waals surface area contributed by atoms with Crippen LogP contribution < -0.4 is 10.8 Å². The molecule has 8 heteroatoms. The van der Waals surface area contributed by atoms with E-state index in [1.165, 1.54) is 5.48 Å². The van der Waals surface area contributed by atoms with Crippen molar-refractivity contribution in [3.8, 4) is 11.8 Å². The second-order valence-electron chi connectivity index (χ2n) is 7.09. The van der Waals surface area contributed by atoms with E-state index in [2.05, 4.69) is 17.2 Å². The van der Waals surface area contributed by atoms with Crippen molar-refractivity contribution in [1.29, 1.82) is 0 Å². The number of hydrogen-bond donors (Lipinski definition) is 5. The SMILES string of the molecule is CC(O)[C@H](Cc1ccccc1)NC(=O)[C@H](CC#Cc1ccc(Cl)cc1)[C@H](O)C(=O)NO. The van der Waals surface area contributed by atoms with E-state index in [9.17, 15) is 19.8 Å². The van der Waals surface area contributed by atoms with Crippen LogP contribution in [-0.4, -0.2) is 45.5 Å². The number of carbonyl (C=O) groups is 2. The molecule has 0 aliphatic carbocycles. The van der Waals surface area contributed by atoms with Crippen molar-refractivity contribution >= 4 is 23.4 Å². The van der Waals surface area contributed by atoms with Crippen LogP contribution in [0.3, 0.4) is 0 Å². The van der Waals surface area contributed by atoms with Crippen LogP contribution in [-0.2, 0) is 16.0 Å². The molecule has 0 aromatic heterocycles. The van der Waals surface area contributed by atoms with Gasteiger partial charge in [-0.15, -0.1) is 0 Å². The van der Waals surface area contributed by atoms with E-state index < -0.39 is 36.0 Å². The second kappa shape index (κ2) is 12.1. The quantitative estimate of drug-likeness (QED) is 0.241. The van der Waals surface area contributed by atoms with E-state index in [1.807, 2.05) is 30.3 Å². The fourth-order valence-corrected chi connectivity index (χ4v) is 3.02. The molecule has 2 aromatic carbocycles. The molecule has 0 fully saturated rings. The molecule has 2 amide bonds. The smallest absolute Gasteiger partial charge is 0.273 e. The van der Waals surface area contributed by atoms with Gasteiger partial charge in [0.05, 0.1) is 18.1 Å². The molecule has 0 bridgehead atoms. The molecule has 2 aromatic rings. The molecule has 0 aliphatic rings. The molecule has 164 valence electrons. The van der Waals surface area contributed by atoms with Gasteiger partial charge < -0.3 is 15.5 Å². The third kappa shape index (κ3) is 7.70. The van der Waals surface area contributed by atoms with Crippen molar-refractivity contribution < 1.29 is 25.0 Å². The average Bonchev–Trinajstić information content (AvgIpc) is 2.77. The van der Waals surface area contributed by atoms with Gasteiger partial charge in [-0.2, -0.15) is 0 Å². The molecular weight excluding hydrogens is 420 g/mol. The van der Waals surface area contributed by atoms with E-state index in [0.29, 0.717) is 17.0 Å². The number of hydrogen-bond acceptors (Lipinski definition) is 5. The van der Waals surface area contributed by atoms with E-state index in [0.717, 1.165) is 5.56 Å². The minimum Gasteiger partial charge on any atom is -0.391 e. The summed E-state index contributed by atoms with van der Waals surface area (Å²) in [6.45, 7) is 1.54. The van der Waals surface area contributed by atoms with Crippen molar-refractivity contribution in [2.24, 2.45) is 5.92 Å². The highest BCUT2D eigenvalue weighted by Gasteiger charge is 2.33. The number of aliphatic hydroxyl groups excluding tert-OH is 2. The lowest BCUT2D eigenvalue weighted by Crippen LogP contribution is -2.50. The Kier molecular flexibility index (Phi) is 9.50. The summed E-state index contributed by atoms with van der Waals surface area (Å²) in [5.74, 6) is 2.57. The minimum absolute atomic E-state index is 0.152. The molecule has 1 unspecified atom stereocenters. The molecule has 0 saturated carbocycles. The van der Waals surface area contributed by atoms with Crippen LogP contribution in [0, 0.1) is 17.8 Å². The number of amides is 2. The Labute approximate surface area is 186 Å². The maximum absolute atomic E-state index is 12.9. The summed E-state index contributed by atoms with van der Waals surface area (Å²) in [7, 11) is 0. The van der Waals surface area contributed by atoms with Gasteiger partial charge in [-0.25, -0.2) is 5.48 Å². The predicted octanol–water partition coefficient (Wildman–Crippen LogP) is 1.67. The van der Waals surface area contributed by atoms with Gasteiger partial charge in [-0.3, -0.25) is 14.8 Å². The lowest BCUT2D eigenvalue weighted by molar-refractivity contribution is -0.146. The first kappa shape index (κ1) is 24.4. The number of carbonyl (C=O) groups excluding carboxylic acids is 2. The molecule has 7 nitrogen and oxygen atoms in total. The normalized spacial score (nSPS) is 14.4. The molecule has 31 heavy (non-hydrogen) atoms.